The zero-order valence-electron chi connectivity index (χ0n) is 14.7. The lowest BCUT2D eigenvalue weighted by atomic mass is 10.0. The van der Waals surface area contributed by atoms with Gasteiger partial charge in [0.2, 0.25) is 0 Å². The predicted octanol–water partition coefficient (Wildman–Crippen LogP) is 3.51. The zero-order valence-corrected chi connectivity index (χ0v) is 14.7. The van der Waals surface area contributed by atoms with E-state index in [1.54, 1.807) is 12.4 Å². The highest BCUT2D eigenvalue weighted by atomic mass is 15.3. The van der Waals surface area contributed by atoms with Crippen molar-refractivity contribution >= 4 is 10.8 Å². The predicted molar refractivity (Wildman–Crippen MR) is 101 cm³/mol. The Balaban J connectivity index is 1.40. The Bertz CT molecular complexity index is 820. The van der Waals surface area contributed by atoms with Crippen LogP contribution in [0.5, 0.6) is 0 Å². The van der Waals surface area contributed by atoms with Gasteiger partial charge in [-0.15, -0.1) is 0 Å². The van der Waals surface area contributed by atoms with E-state index >= 15 is 0 Å². The second kappa shape index (κ2) is 7.30. The molecule has 0 spiro atoms. The van der Waals surface area contributed by atoms with Crippen LogP contribution in [-0.2, 0) is 6.54 Å². The molecule has 0 N–H and O–H groups in total. The van der Waals surface area contributed by atoms with Gasteiger partial charge in [-0.05, 0) is 23.3 Å². The maximum atomic E-state index is 4.46. The summed E-state index contributed by atoms with van der Waals surface area (Å²) in [6, 6.07) is 15.6. The van der Waals surface area contributed by atoms with Gasteiger partial charge >= 0.3 is 0 Å². The fraction of sp³-hybridized carbons (Fsp3) is 0.333. The fourth-order valence-electron chi connectivity index (χ4n) is 3.69. The quantitative estimate of drug-likeness (QED) is 0.732. The van der Waals surface area contributed by atoms with Crippen molar-refractivity contribution in [2.24, 2.45) is 0 Å². The lowest BCUT2D eigenvalue weighted by Gasteiger charge is -2.37. The van der Waals surface area contributed by atoms with Crippen LogP contribution in [0.1, 0.15) is 24.2 Å². The van der Waals surface area contributed by atoms with E-state index in [2.05, 4.69) is 69.2 Å². The molecular weight excluding hydrogens is 308 g/mol. The van der Waals surface area contributed by atoms with Crippen LogP contribution in [0.4, 0.5) is 0 Å². The zero-order chi connectivity index (χ0) is 17.1. The maximum absolute atomic E-state index is 4.46. The van der Waals surface area contributed by atoms with Gasteiger partial charge in [-0.3, -0.25) is 19.8 Å². The Morgan fingerprint density at radius 1 is 0.960 bits per heavy atom. The minimum atomic E-state index is 0.327. The van der Waals surface area contributed by atoms with E-state index in [9.17, 15) is 0 Å². The Hall–Kier alpha value is -2.30. The van der Waals surface area contributed by atoms with Crippen LogP contribution in [0, 0.1) is 0 Å². The van der Waals surface area contributed by atoms with Gasteiger partial charge in [0, 0.05) is 51.3 Å². The average molecular weight is 332 g/mol. The van der Waals surface area contributed by atoms with Gasteiger partial charge in [0.1, 0.15) is 0 Å². The molecule has 4 rings (SSSR count). The normalized spacial score (nSPS) is 17.6. The van der Waals surface area contributed by atoms with Crippen LogP contribution < -0.4 is 0 Å². The number of fused-ring (bicyclic) bond motifs is 1. The summed E-state index contributed by atoms with van der Waals surface area (Å²) in [5, 5.41) is 2.70. The van der Waals surface area contributed by atoms with E-state index in [-0.39, 0.29) is 0 Å². The largest absolute Gasteiger partial charge is 0.297 e. The van der Waals surface area contributed by atoms with Crippen molar-refractivity contribution in [1.82, 2.24) is 19.8 Å². The molecule has 0 aliphatic carbocycles. The highest BCUT2D eigenvalue weighted by molar-refractivity contribution is 5.85. The van der Waals surface area contributed by atoms with E-state index in [0.717, 1.165) is 38.4 Å². The molecule has 0 amide bonds. The molecule has 3 aromatic rings. The summed E-state index contributed by atoms with van der Waals surface area (Å²) in [6.45, 7) is 7.58. The number of hydrogen-bond acceptors (Lipinski definition) is 4. The minimum Gasteiger partial charge on any atom is -0.297 e. The first-order chi connectivity index (χ1) is 12.3. The van der Waals surface area contributed by atoms with Gasteiger partial charge in [0.25, 0.3) is 0 Å². The van der Waals surface area contributed by atoms with Crippen molar-refractivity contribution in [2.75, 3.05) is 26.2 Å². The molecule has 2 aromatic carbocycles. The van der Waals surface area contributed by atoms with Crippen molar-refractivity contribution in [3.05, 3.63) is 72.3 Å². The third-order valence-corrected chi connectivity index (χ3v) is 5.24. The number of piperazine rings is 1. The number of benzene rings is 2. The van der Waals surface area contributed by atoms with Gasteiger partial charge in [0.05, 0.1) is 11.7 Å². The van der Waals surface area contributed by atoms with E-state index in [1.807, 2.05) is 6.20 Å². The van der Waals surface area contributed by atoms with Crippen molar-refractivity contribution in [3.63, 3.8) is 0 Å². The highest BCUT2D eigenvalue weighted by Crippen LogP contribution is 2.22. The lowest BCUT2D eigenvalue weighted by Crippen LogP contribution is -2.46. The third-order valence-electron chi connectivity index (χ3n) is 5.24. The van der Waals surface area contributed by atoms with E-state index in [0.29, 0.717) is 6.04 Å². The summed E-state index contributed by atoms with van der Waals surface area (Å²) in [6.07, 6.45) is 5.40. The Labute approximate surface area is 149 Å². The van der Waals surface area contributed by atoms with Crippen LogP contribution in [0.15, 0.2) is 61.1 Å². The van der Waals surface area contributed by atoms with Gasteiger partial charge in [-0.1, -0.05) is 42.5 Å². The molecule has 1 aliphatic heterocycles. The van der Waals surface area contributed by atoms with Crippen LogP contribution in [0.2, 0.25) is 0 Å². The number of nitrogens with zero attached hydrogens (tertiary/aromatic N) is 4. The first-order valence-electron chi connectivity index (χ1n) is 9.00. The SMILES string of the molecule is CC(c1cnccn1)N1CCN(Cc2cccc3ccccc23)CC1. The van der Waals surface area contributed by atoms with Gasteiger partial charge in [-0.2, -0.15) is 0 Å². The summed E-state index contributed by atoms with van der Waals surface area (Å²) in [5.74, 6) is 0. The van der Waals surface area contributed by atoms with Crippen LogP contribution in [0.25, 0.3) is 10.8 Å². The monoisotopic (exact) mass is 332 g/mol. The molecule has 1 aliphatic rings. The Kier molecular flexibility index (Phi) is 4.72. The van der Waals surface area contributed by atoms with Gasteiger partial charge in [-0.25, -0.2) is 0 Å². The summed E-state index contributed by atoms with van der Waals surface area (Å²) < 4.78 is 0. The van der Waals surface area contributed by atoms with Gasteiger partial charge in [0.15, 0.2) is 0 Å². The molecular formula is C21H24N4. The van der Waals surface area contributed by atoms with Crippen molar-refractivity contribution < 1.29 is 0 Å². The molecule has 4 heteroatoms. The highest BCUT2D eigenvalue weighted by Gasteiger charge is 2.23. The molecule has 1 unspecified atom stereocenters. The maximum Gasteiger partial charge on any atom is 0.0755 e. The minimum absolute atomic E-state index is 0.327. The van der Waals surface area contributed by atoms with Crippen LogP contribution in [-0.4, -0.2) is 45.9 Å². The topological polar surface area (TPSA) is 32.3 Å². The second-order valence-electron chi connectivity index (χ2n) is 6.76. The molecule has 1 atom stereocenters. The number of hydrogen-bond donors (Lipinski definition) is 0. The standard InChI is InChI=1S/C21H24N4/c1-17(21-15-22-9-10-23-21)25-13-11-24(12-14-25)16-19-7-4-6-18-5-2-3-8-20(18)19/h2-10,15,17H,11-14,16H2,1H3. The summed E-state index contributed by atoms with van der Waals surface area (Å²) in [7, 11) is 0. The second-order valence-corrected chi connectivity index (χ2v) is 6.76. The molecule has 0 bridgehead atoms. The summed E-state index contributed by atoms with van der Waals surface area (Å²) >= 11 is 0. The van der Waals surface area contributed by atoms with E-state index < -0.39 is 0 Å². The summed E-state index contributed by atoms with van der Waals surface area (Å²) in [4.78, 5) is 13.7. The first kappa shape index (κ1) is 16.2. The van der Waals surface area contributed by atoms with Crippen molar-refractivity contribution in [2.45, 2.75) is 19.5 Å². The molecule has 1 saturated heterocycles. The van der Waals surface area contributed by atoms with Crippen LogP contribution in [0.3, 0.4) is 0 Å². The molecule has 25 heavy (non-hydrogen) atoms. The van der Waals surface area contributed by atoms with E-state index in [4.69, 9.17) is 0 Å². The Morgan fingerprint density at radius 2 is 1.76 bits per heavy atom. The molecule has 0 radical (unpaired) electrons. The molecule has 1 fully saturated rings. The molecule has 128 valence electrons. The molecule has 1 aromatic heterocycles. The molecule has 4 nitrogen and oxygen atoms in total. The smallest absolute Gasteiger partial charge is 0.0755 e. The average Bonchev–Trinajstić information content (AvgIpc) is 2.69. The molecule has 0 saturated carbocycles. The third kappa shape index (κ3) is 3.55. The lowest BCUT2D eigenvalue weighted by molar-refractivity contribution is 0.0965. The Morgan fingerprint density at radius 3 is 2.56 bits per heavy atom. The first-order valence-corrected chi connectivity index (χ1v) is 9.00. The van der Waals surface area contributed by atoms with E-state index in [1.165, 1.54) is 16.3 Å². The fourth-order valence-corrected chi connectivity index (χ4v) is 3.69. The number of rotatable bonds is 4. The summed E-state index contributed by atoms with van der Waals surface area (Å²) in [5.41, 5.74) is 2.48. The van der Waals surface area contributed by atoms with Crippen LogP contribution >= 0.6 is 0 Å². The number of aromatic nitrogens is 2. The van der Waals surface area contributed by atoms with Crippen molar-refractivity contribution in [3.8, 4) is 0 Å². The van der Waals surface area contributed by atoms with Gasteiger partial charge < -0.3 is 0 Å². The van der Waals surface area contributed by atoms with Crippen molar-refractivity contribution in [1.29, 1.82) is 0 Å². The molecule has 2 heterocycles.